The van der Waals surface area contributed by atoms with Gasteiger partial charge >= 0.3 is 8.56 Å². The summed E-state index contributed by atoms with van der Waals surface area (Å²) in [5.41, 5.74) is 2.51. The molecule has 0 saturated heterocycles. The van der Waals surface area contributed by atoms with Crippen molar-refractivity contribution in [2.24, 2.45) is 0 Å². The van der Waals surface area contributed by atoms with Gasteiger partial charge in [0.2, 0.25) is 0 Å². The summed E-state index contributed by atoms with van der Waals surface area (Å²) in [6, 6.07) is 14.6. The minimum atomic E-state index is -2.15. The quantitative estimate of drug-likeness (QED) is 0.244. The zero-order chi connectivity index (χ0) is 19.9. The van der Waals surface area contributed by atoms with Crippen LogP contribution in [0.25, 0.3) is 0 Å². The molecule has 2 aromatic rings. The van der Waals surface area contributed by atoms with Crippen molar-refractivity contribution < 1.29 is 8.85 Å². The molecule has 148 valence electrons. The summed E-state index contributed by atoms with van der Waals surface area (Å²) in [6.45, 7) is 5.75. The Balaban J connectivity index is 1.89. The number of benzene rings is 2. The third kappa shape index (κ3) is 8.03. The fraction of sp³-hybridized carbons (Fsp3) is 0.400. The van der Waals surface area contributed by atoms with E-state index in [1.54, 1.807) is 0 Å². The van der Waals surface area contributed by atoms with E-state index in [2.05, 4.69) is 102 Å². The molecule has 0 amide bonds. The molecule has 2 nitrogen and oxygen atoms in total. The first-order chi connectivity index (χ1) is 12.9. The van der Waals surface area contributed by atoms with Crippen LogP contribution in [0.15, 0.2) is 54.3 Å². The van der Waals surface area contributed by atoms with Crippen LogP contribution >= 0.6 is 63.7 Å². The second-order valence-electron chi connectivity index (χ2n) is 6.37. The van der Waals surface area contributed by atoms with Gasteiger partial charge in [-0.05, 0) is 72.5 Å². The summed E-state index contributed by atoms with van der Waals surface area (Å²) in [7, 11) is -2.15. The van der Waals surface area contributed by atoms with E-state index in [9.17, 15) is 0 Å². The van der Waals surface area contributed by atoms with Gasteiger partial charge in [-0.2, -0.15) is 0 Å². The average molecular weight is 644 g/mol. The van der Waals surface area contributed by atoms with Crippen molar-refractivity contribution in [2.45, 2.75) is 38.8 Å². The van der Waals surface area contributed by atoms with Gasteiger partial charge in [0, 0.05) is 31.1 Å². The van der Waals surface area contributed by atoms with E-state index >= 15 is 0 Å². The van der Waals surface area contributed by atoms with E-state index in [1.807, 2.05) is 12.1 Å². The summed E-state index contributed by atoms with van der Waals surface area (Å²) >= 11 is 14.2. The van der Waals surface area contributed by atoms with Crippen molar-refractivity contribution in [1.29, 1.82) is 0 Å². The molecule has 2 aromatic carbocycles. The number of hydrogen-bond donors (Lipinski definition) is 0. The van der Waals surface area contributed by atoms with Gasteiger partial charge in [-0.1, -0.05) is 77.6 Å². The lowest BCUT2D eigenvalue weighted by Crippen LogP contribution is -2.41. The summed E-state index contributed by atoms with van der Waals surface area (Å²) in [5, 5.41) is 0. The van der Waals surface area contributed by atoms with Crippen molar-refractivity contribution in [3.63, 3.8) is 0 Å². The zero-order valence-corrected chi connectivity index (χ0v) is 22.9. The molecule has 0 fully saturated rings. The molecule has 0 saturated carbocycles. The molecule has 7 heteroatoms. The van der Waals surface area contributed by atoms with Gasteiger partial charge in [0.1, 0.15) is 0 Å². The Bertz CT molecular complexity index is 651. The first-order valence-corrected chi connectivity index (χ1v) is 14.4. The Morgan fingerprint density at radius 3 is 1.26 bits per heavy atom. The minimum absolute atomic E-state index is 0.694. The molecule has 0 spiro atoms. The fourth-order valence-electron chi connectivity index (χ4n) is 2.92. The standard InChI is InChI=1S/C20H24Br4O2Si/c1-3-27(4-2,25-7-5-15-9-17(21)13-18(22)10-15)26-8-6-16-11-19(23)14-20(24)12-16/h9-14H,3-8H2,1-2H3. The number of halogens is 4. The highest BCUT2D eigenvalue weighted by molar-refractivity contribution is 9.11. The third-order valence-electron chi connectivity index (χ3n) is 4.43. The summed E-state index contributed by atoms with van der Waals surface area (Å²) in [4.78, 5) is 0. The molecule has 0 N–H and O–H groups in total. The van der Waals surface area contributed by atoms with Crippen LogP contribution in [0.2, 0.25) is 12.1 Å². The van der Waals surface area contributed by atoms with E-state index in [1.165, 1.54) is 11.1 Å². The predicted octanol–water partition coefficient (Wildman–Crippen LogP) is 8.04. The van der Waals surface area contributed by atoms with Crippen molar-refractivity contribution >= 4 is 72.3 Å². The van der Waals surface area contributed by atoms with Gasteiger partial charge in [0.15, 0.2) is 0 Å². The Morgan fingerprint density at radius 1 is 0.630 bits per heavy atom. The zero-order valence-electron chi connectivity index (χ0n) is 15.5. The van der Waals surface area contributed by atoms with Crippen LogP contribution in [0.3, 0.4) is 0 Å². The van der Waals surface area contributed by atoms with Gasteiger partial charge in [-0.25, -0.2) is 0 Å². The van der Waals surface area contributed by atoms with Crippen LogP contribution < -0.4 is 0 Å². The lowest BCUT2D eigenvalue weighted by molar-refractivity contribution is 0.172. The third-order valence-corrected chi connectivity index (χ3v) is 9.88. The molecule has 0 aliphatic rings. The maximum Gasteiger partial charge on any atom is 0.337 e. The molecule has 0 unspecified atom stereocenters. The fourth-order valence-corrected chi connectivity index (χ4v) is 8.05. The first-order valence-electron chi connectivity index (χ1n) is 9.03. The first kappa shape index (κ1) is 23.8. The Hall–Kier alpha value is 0.497. The molecule has 27 heavy (non-hydrogen) atoms. The van der Waals surface area contributed by atoms with Gasteiger partial charge in [-0.3, -0.25) is 0 Å². The number of rotatable bonds is 10. The summed E-state index contributed by atoms with van der Waals surface area (Å²) < 4.78 is 17.1. The Kier molecular flexibility index (Phi) is 10.2. The van der Waals surface area contributed by atoms with Crippen molar-refractivity contribution in [3.05, 3.63) is 65.4 Å². The van der Waals surface area contributed by atoms with Gasteiger partial charge in [-0.15, -0.1) is 0 Å². The lowest BCUT2D eigenvalue weighted by atomic mass is 10.2. The highest BCUT2D eigenvalue weighted by Gasteiger charge is 2.33. The molecular formula is C20H24Br4O2Si. The monoisotopic (exact) mass is 640 g/mol. The van der Waals surface area contributed by atoms with E-state index in [0.717, 1.165) is 42.8 Å². The second kappa shape index (κ2) is 11.6. The highest BCUT2D eigenvalue weighted by atomic mass is 79.9. The maximum absolute atomic E-state index is 6.36. The van der Waals surface area contributed by atoms with Crippen molar-refractivity contribution in [2.75, 3.05) is 13.2 Å². The van der Waals surface area contributed by atoms with Crippen LogP contribution in [0.1, 0.15) is 25.0 Å². The van der Waals surface area contributed by atoms with E-state index in [4.69, 9.17) is 8.85 Å². The SMILES string of the molecule is CC[Si](CC)(OCCc1cc(Br)cc(Br)c1)OCCc1cc(Br)cc(Br)c1. The topological polar surface area (TPSA) is 18.5 Å². The molecular weight excluding hydrogens is 620 g/mol. The Morgan fingerprint density at radius 2 is 0.963 bits per heavy atom. The Labute approximate surface area is 197 Å². The molecule has 0 aliphatic carbocycles. The van der Waals surface area contributed by atoms with Crippen LogP contribution in [-0.4, -0.2) is 21.8 Å². The summed E-state index contributed by atoms with van der Waals surface area (Å²) in [5.74, 6) is 0. The van der Waals surface area contributed by atoms with Gasteiger partial charge in [0.05, 0.1) is 0 Å². The molecule has 0 radical (unpaired) electrons. The highest BCUT2D eigenvalue weighted by Crippen LogP contribution is 2.24. The van der Waals surface area contributed by atoms with Gasteiger partial charge < -0.3 is 8.85 Å². The normalized spacial score (nSPS) is 11.8. The summed E-state index contributed by atoms with van der Waals surface area (Å²) in [6.07, 6.45) is 1.77. The largest absolute Gasteiger partial charge is 0.394 e. The van der Waals surface area contributed by atoms with Crippen LogP contribution in [0, 0.1) is 0 Å². The van der Waals surface area contributed by atoms with Crippen LogP contribution in [0.4, 0.5) is 0 Å². The molecule has 0 aromatic heterocycles. The molecule has 0 aliphatic heterocycles. The van der Waals surface area contributed by atoms with E-state index in [0.29, 0.717) is 13.2 Å². The molecule has 0 atom stereocenters. The van der Waals surface area contributed by atoms with Crippen LogP contribution in [-0.2, 0) is 21.7 Å². The lowest BCUT2D eigenvalue weighted by Gasteiger charge is -2.29. The molecule has 0 bridgehead atoms. The number of hydrogen-bond acceptors (Lipinski definition) is 2. The smallest absolute Gasteiger partial charge is 0.337 e. The van der Waals surface area contributed by atoms with Crippen molar-refractivity contribution in [3.8, 4) is 0 Å². The van der Waals surface area contributed by atoms with Crippen LogP contribution in [0.5, 0.6) is 0 Å². The molecule has 2 rings (SSSR count). The predicted molar refractivity (Wildman–Crippen MR) is 130 cm³/mol. The maximum atomic E-state index is 6.36. The van der Waals surface area contributed by atoms with Crippen molar-refractivity contribution in [1.82, 2.24) is 0 Å². The minimum Gasteiger partial charge on any atom is -0.394 e. The van der Waals surface area contributed by atoms with E-state index in [-0.39, 0.29) is 0 Å². The molecule has 0 heterocycles. The second-order valence-corrected chi connectivity index (χ2v) is 13.8. The van der Waals surface area contributed by atoms with Gasteiger partial charge in [0.25, 0.3) is 0 Å². The van der Waals surface area contributed by atoms with E-state index < -0.39 is 8.56 Å². The average Bonchev–Trinajstić information content (AvgIpc) is 2.59.